The highest BCUT2D eigenvalue weighted by Gasteiger charge is 2.20. The van der Waals surface area contributed by atoms with Crippen LogP contribution in [0.1, 0.15) is 67.4 Å². The fourth-order valence-corrected chi connectivity index (χ4v) is 3.31. The van der Waals surface area contributed by atoms with Crippen molar-refractivity contribution < 1.29 is 14.3 Å². The van der Waals surface area contributed by atoms with E-state index in [9.17, 15) is 4.79 Å². The van der Waals surface area contributed by atoms with Crippen LogP contribution in [-0.4, -0.2) is 42.1 Å². The van der Waals surface area contributed by atoms with Crippen molar-refractivity contribution in [1.29, 1.82) is 0 Å². The number of nitrogens with one attached hydrogen (secondary N) is 1. The fraction of sp³-hybridized carbons (Fsp3) is 0.778. The minimum absolute atomic E-state index is 0.123. The molecule has 0 bridgehead atoms. The second-order valence-corrected chi connectivity index (χ2v) is 6.54. The van der Waals surface area contributed by atoms with E-state index in [0.29, 0.717) is 29.8 Å². The lowest BCUT2D eigenvalue weighted by molar-refractivity contribution is 0.0409. The van der Waals surface area contributed by atoms with Gasteiger partial charge in [-0.25, -0.2) is 4.68 Å². The molecule has 136 valence electrons. The molecule has 0 saturated heterocycles. The third-order valence-corrected chi connectivity index (χ3v) is 4.60. The number of aromatic nitrogens is 2. The van der Waals surface area contributed by atoms with E-state index in [1.54, 1.807) is 18.8 Å². The van der Waals surface area contributed by atoms with Gasteiger partial charge in [0, 0.05) is 20.2 Å². The summed E-state index contributed by atoms with van der Waals surface area (Å²) in [7, 11) is 3.32. The summed E-state index contributed by atoms with van der Waals surface area (Å²) in [6.45, 7) is 3.25. The Labute approximate surface area is 144 Å². The van der Waals surface area contributed by atoms with Crippen LogP contribution in [0, 0.1) is 6.92 Å². The van der Waals surface area contributed by atoms with E-state index in [4.69, 9.17) is 9.47 Å². The summed E-state index contributed by atoms with van der Waals surface area (Å²) >= 11 is 0. The highest BCUT2D eigenvalue weighted by Crippen LogP contribution is 2.21. The lowest BCUT2D eigenvalue weighted by Gasteiger charge is -2.15. The molecule has 0 spiro atoms. The number of hydrogen-bond donors (Lipinski definition) is 1. The summed E-state index contributed by atoms with van der Waals surface area (Å²) < 4.78 is 12.8. The molecule has 1 aliphatic carbocycles. The van der Waals surface area contributed by atoms with Crippen molar-refractivity contribution in [3.8, 4) is 5.88 Å². The van der Waals surface area contributed by atoms with Crippen molar-refractivity contribution in [2.24, 2.45) is 7.05 Å². The van der Waals surface area contributed by atoms with Gasteiger partial charge in [0.25, 0.3) is 5.91 Å². The Balaban J connectivity index is 1.64. The van der Waals surface area contributed by atoms with Gasteiger partial charge in [-0.05, 0) is 32.6 Å². The molecule has 1 N–H and O–H groups in total. The second-order valence-electron chi connectivity index (χ2n) is 6.54. The Morgan fingerprint density at radius 1 is 1.25 bits per heavy atom. The first-order chi connectivity index (χ1) is 11.6. The molecule has 1 fully saturated rings. The third kappa shape index (κ3) is 5.23. The third-order valence-electron chi connectivity index (χ3n) is 4.60. The Kier molecular flexibility index (Phi) is 7.56. The van der Waals surface area contributed by atoms with Gasteiger partial charge in [0.1, 0.15) is 5.56 Å². The predicted octanol–water partition coefficient (Wildman–Crippen LogP) is 2.99. The van der Waals surface area contributed by atoms with Crippen molar-refractivity contribution in [3.05, 3.63) is 11.3 Å². The van der Waals surface area contributed by atoms with Gasteiger partial charge >= 0.3 is 0 Å². The first-order valence-electron chi connectivity index (χ1n) is 9.11. The van der Waals surface area contributed by atoms with E-state index in [1.807, 2.05) is 6.92 Å². The summed E-state index contributed by atoms with van der Waals surface area (Å²) in [6, 6.07) is 0. The van der Waals surface area contributed by atoms with Crippen LogP contribution in [0.2, 0.25) is 0 Å². The molecular weight excluding hydrogens is 306 g/mol. The molecule has 6 heteroatoms. The monoisotopic (exact) mass is 337 g/mol. The molecule has 1 amide bonds. The zero-order chi connectivity index (χ0) is 17.4. The minimum Gasteiger partial charge on any atom is -0.481 e. The van der Waals surface area contributed by atoms with Gasteiger partial charge in [0.15, 0.2) is 0 Å². The Morgan fingerprint density at radius 2 is 1.96 bits per heavy atom. The largest absolute Gasteiger partial charge is 0.481 e. The van der Waals surface area contributed by atoms with Crippen LogP contribution >= 0.6 is 0 Å². The Morgan fingerprint density at radius 3 is 2.62 bits per heavy atom. The van der Waals surface area contributed by atoms with E-state index >= 15 is 0 Å². The van der Waals surface area contributed by atoms with Gasteiger partial charge < -0.3 is 14.8 Å². The molecule has 1 saturated carbocycles. The maximum atomic E-state index is 12.3. The van der Waals surface area contributed by atoms with Crippen LogP contribution in [0.15, 0.2) is 0 Å². The molecule has 0 unspecified atom stereocenters. The Bertz CT molecular complexity index is 520. The van der Waals surface area contributed by atoms with Crippen molar-refractivity contribution in [1.82, 2.24) is 15.1 Å². The molecule has 0 aromatic carbocycles. The van der Waals surface area contributed by atoms with E-state index < -0.39 is 0 Å². The summed E-state index contributed by atoms with van der Waals surface area (Å²) in [4.78, 5) is 12.3. The number of aryl methyl sites for hydroxylation is 2. The molecule has 1 aliphatic rings. The van der Waals surface area contributed by atoms with Gasteiger partial charge in [0.2, 0.25) is 5.88 Å². The number of ether oxygens (including phenoxy) is 2. The van der Waals surface area contributed by atoms with Crippen LogP contribution in [0.25, 0.3) is 0 Å². The number of rotatable bonds is 8. The molecule has 1 aromatic heterocycles. The molecule has 2 rings (SSSR count). The van der Waals surface area contributed by atoms with Gasteiger partial charge in [-0.1, -0.05) is 25.7 Å². The quantitative estimate of drug-likeness (QED) is 0.585. The molecular formula is C18H31N3O3. The maximum absolute atomic E-state index is 12.3. The maximum Gasteiger partial charge on any atom is 0.258 e. The highest BCUT2D eigenvalue weighted by atomic mass is 16.5. The summed E-state index contributed by atoms with van der Waals surface area (Å²) in [5.74, 6) is 0.379. The van der Waals surface area contributed by atoms with Gasteiger partial charge in [-0.15, -0.1) is 0 Å². The van der Waals surface area contributed by atoms with Gasteiger partial charge in [-0.2, -0.15) is 5.10 Å². The van der Waals surface area contributed by atoms with E-state index in [0.717, 1.165) is 19.4 Å². The molecule has 24 heavy (non-hydrogen) atoms. The molecule has 1 aromatic rings. The number of carbonyl (C=O) groups excluding carboxylic acids is 1. The zero-order valence-electron chi connectivity index (χ0n) is 15.3. The Hall–Kier alpha value is -1.56. The van der Waals surface area contributed by atoms with Crippen molar-refractivity contribution in [2.45, 2.75) is 64.4 Å². The number of methoxy groups -OCH3 is 1. The average molecular weight is 337 g/mol. The standard InChI is InChI=1S/C18H31N3O3/c1-14-16(18(23-3)21(2)20-14)17(22)19-12-8-9-13-24-15-10-6-4-5-7-11-15/h15H,4-13H2,1-3H3,(H,19,22). The van der Waals surface area contributed by atoms with Crippen molar-refractivity contribution in [3.63, 3.8) is 0 Å². The number of hydrogen-bond acceptors (Lipinski definition) is 4. The van der Waals surface area contributed by atoms with Crippen LogP contribution in [0.5, 0.6) is 5.88 Å². The van der Waals surface area contributed by atoms with Crippen LogP contribution in [0.3, 0.4) is 0 Å². The average Bonchev–Trinajstić information content (AvgIpc) is 2.73. The van der Waals surface area contributed by atoms with E-state index in [2.05, 4.69) is 10.4 Å². The lowest BCUT2D eigenvalue weighted by Crippen LogP contribution is -2.25. The van der Waals surface area contributed by atoms with Gasteiger partial charge in [-0.3, -0.25) is 4.79 Å². The summed E-state index contributed by atoms with van der Waals surface area (Å²) in [5, 5.41) is 7.18. The van der Waals surface area contributed by atoms with Crippen LogP contribution in [0.4, 0.5) is 0 Å². The van der Waals surface area contributed by atoms with E-state index in [1.165, 1.54) is 38.5 Å². The predicted molar refractivity (Wildman–Crippen MR) is 93.5 cm³/mol. The minimum atomic E-state index is -0.123. The lowest BCUT2D eigenvalue weighted by atomic mass is 10.1. The molecule has 0 aliphatic heterocycles. The summed E-state index contributed by atoms with van der Waals surface area (Å²) in [5.41, 5.74) is 1.21. The topological polar surface area (TPSA) is 65.4 Å². The molecule has 0 radical (unpaired) electrons. The van der Waals surface area contributed by atoms with Crippen molar-refractivity contribution in [2.75, 3.05) is 20.3 Å². The van der Waals surface area contributed by atoms with Crippen molar-refractivity contribution >= 4 is 5.91 Å². The number of nitrogens with zero attached hydrogens (tertiary/aromatic N) is 2. The van der Waals surface area contributed by atoms with Crippen LogP contribution in [-0.2, 0) is 11.8 Å². The normalized spacial score (nSPS) is 16.0. The second kappa shape index (κ2) is 9.67. The number of unbranched alkanes of at least 4 members (excludes halogenated alkanes) is 1. The smallest absolute Gasteiger partial charge is 0.258 e. The molecule has 1 heterocycles. The van der Waals surface area contributed by atoms with Gasteiger partial charge in [0.05, 0.1) is 18.9 Å². The first kappa shape index (κ1) is 18.8. The molecule has 6 nitrogen and oxygen atoms in total. The van der Waals surface area contributed by atoms with Crippen LogP contribution < -0.4 is 10.1 Å². The zero-order valence-corrected chi connectivity index (χ0v) is 15.3. The first-order valence-corrected chi connectivity index (χ1v) is 9.11. The SMILES string of the molecule is COc1c(C(=O)NCCCCOC2CCCCCC2)c(C)nn1C. The van der Waals surface area contributed by atoms with E-state index in [-0.39, 0.29) is 5.91 Å². The summed E-state index contributed by atoms with van der Waals surface area (Å²) in [6.07, 6.45) is 10.0. The number of amides is 1. The fourth-order valence-electron chi connectivity index (χ4n) is 3.31. The highest BCUT2D eigenvalue weighted by molar-refractivity contribution is 5.97. The number of carbonyl (C=O) groups is 1. The molecule has 0 atom stereocenters.